The molecule has 0 aromatic rings. The maximum Gasteiger partial charge on any atom is 0.146 e. The SMILES string of the molecule is N#C/C=C\C#N.N=C1C=CC(N)=N1. The molecular formula is C8H7N5. The summed E-state index contributed by atoms with van der Waals surface area (Å²) in [6.45, 7) is 0. The Bertz CT molecular complexity index is 332. The summed E-state index contributed by atoms with van der Waals surface area (Å²) in [5, 5.41) is 22.2. The fraction of sp³-hybridized carbons (Fsp3) is 0. The Balaban J connectivity index is 0.000000226. The Hall–Kier alpha value is -2.40. The van der Waals surface area contributed by atoms with Crippen molar-refractivity contribution >= 4 is 11.7 Å². The lowest BCUT2D eigenvalue weighted by Gasteiger charge is -1.75. The lowest BCUT2D eigenvalue weighted by molar-refractivity contribution is 1.47. The molecule has 1 rings (SSSR count). The number of amidine groups is 2. The molecule has 0 saturated carbocycles. The second-order valence-corrected chi connectivity index (χ2v) is 1.85. The monoisotopic (exact) mass is 173 g/mol. The number of rotatable bonds is 0. The van der Waals surface area contributed by atoms with Crippen molar-refractivity contribution < 1.29 is 0 Å². The highest BCUT2D eigenvalue weighted by molar-refractivity contribution is 6.12. The van der Waals surface area contributed by atoms with Crippen LogP contribution >= 0.6 is 0 Å². The van der Waals surface area contributed by atoms with E-state index in [9.17, 15) is 0 Å². The van der Waals surface area contributed by atoms with Gasteiger partial charge in [-0.05, 0) is 12.2 Å². The topological polar surface area (TPSA) is 110 Å². The van der Waals surface area contributed by atoms with Crippen molar-refractivity contribution in [3.05, 3.63) is 24.3 Å². The Kier molecular flexibility index (Phi) is 5.15. The lowest BCUT2D eigenvalue weighted by atomic mass is 10.5. The highest BCUT2D eigenvalue weighted by Crippen LogP contribution is 1.88. The number of hydrogen-bond acceptors (Lipinski definition) is 4. The van der Waals surface area contributed by atoms with E-state index in [-0.39, 0.29) is 5.84 Å². The van der Waals surface area contributed by atoms with Gasteiger partial charge in [0.2, 0.25) is 0 Å². The third-order valence-corrected chi connectivity index (χ3v) is 0.894. The summed E-state index contributed by atoms with van der Waals surface area (Å²) in [4.78, 5) is 3.56. The van der Waals surface area contributed by atoms with Gasteiger partial charge in [0.05, 0.1) is 12.1 Å². The molecule has 0 aromatic heterocycles. The summed E-state index contributed by atoms with van der Waals surface area (Å²) in [6.07, 6.45) is 5.40. The highest BCUT2D eigenvalue weighted by Gasteiger charge is 1.94. The van der Waals surface area contributed by atoms with Crippen LogP contribution in [0.25, 0.3) is 0 Å². The highest BCUT2D eigenvalue weighted by atomic mass is 14.9. The van der Waals surface area contributed by atoms with E-state index in [4.69, 9.17) is 21.7 Å². The summed E-state index contributed by atoms with van der Waals surface area (Å²) in [7, 11) is 0. The Morgan fingerprint density at radius 3 is 2.00 bits per heavy atom. The number of nitrogens with one attached hydrogen (secondary N) is 1. The molecule has 0 unspecified atom stereocenters. The zero-order chi connectivity index (χ0) is 10.1. The van der Waals surface area contributed by atoms with Gasteiger partial charge in [0.25, 0.3) is 0 Å². The van der Waals surface area contributed by atoms with Gasteiger partial charge in [-0.3, -0.25) is 5.41 Å². The van der Waals surface area contributed by atoms with Gasteiger partial charge < -0.3 is 5.73 Å². The van der Waals surface area contributed by atoms with E-state index in [0.717, 1.165) is 12.2 Å². The fourth-order valence-corrected chi connectivity index (χ4v) is 0.452. The molecule has 13 heavy (non-hydrogen) atoms. The second-order valence-electron chi connectivity index (χ2n) is 1.85. The quantitative estimate of drug-likeness (QED) is 0.519. The first kappa shape index (κ1) is 10.6. The molecule has 5 heteroatoms. The molecule has 1 heterocycles. The standard InChI is InChI=1S/C4H5N3.C4H2N2/c5-3-1-2-4(6)7-3;5-3-1-2-4-6/h1-2H,(H3,5,6,7);1-2H/b;2-1-. The summed E-state index contributed by atoms with van der Waals surface area (Å²) in [6, 6.07) is 3.33. The molecule has 64 valence electrons. The van der Waals surface area contributed by atoms with Crippen molar-refractivity contribution in [1.29, 1.82) is 15.9 Å². The van der Waals surface area contributed by atoms with Gasteiger partial charge in [-0.1, -0.05) is 0 Å². The van der Waals surface area contributed by atoms with Crippen molar-refractivity contribution in [2.24, 2.45) is 10.7 Å². The number of hydrogen-bond donors (Lipinski definition) is 2. The molecule has 0 amide bonds. The maximum absolute atomic E-state index is 7.71. The minimum absolute atomic E-state index is 0.234. The second kappa shape index (κ2) is 6.32. The molecule has 5 nitrogen and oxygen atoms in total. The smallest absolute Gasteiger partial charge is 0.146 e. The summed E-state index contributed by atoms with van der Waals surface area (Å²) < 4.78 is 0. The number of nitrogens with two attached hydrogens (primary N) is 1. The largest absolute Gasteiger partial charge is 0.384 e. The van der Waals surface area contributed by atoms with E-state index in [1.165, 1.54) is 0 Å². The lowest BCUT2D eigenvalue weighted by Crippen LogP contribution is -2.04. The zero-order valence-corrected chi connectivity index (χ0v) is 6.73. The normalized spacial score (nSPS) is 12.8. The predicted octanol–water partition coefficient (Wildman–Crippen LogP) is 0.480. The van der Waals surface area contributed by atoms with Crippen molar-refractivity contribution in [3.8, 4) is 12.1 Å². The first-order valence-electron chi connectivity index (χ1n) is 3.25. The Morgan fingerprint density at radius 1 is 1.31 bits per heavy atom. The van der Waals surface area contributed by atoms with E-state index < -0.39 is 0 Å². The average Bonchev–Trinajstić information content (AvgIpc) is 2.47. The molecule has 0 aromatic carbocycles. The van der Waals surface area contributed by atoms with Gasteiger partial charge in [-0.15, -0.1) is 0 Å². The average molecular weight is 173 g/mol. The number of aliphatic imine (C=N–C) groups is 1. The van der Waals surface area contributed by atoms with Crippen LogP contribution in [0.3, 0.4) is 0 Å². The van der Waals surface area contributed by atoms with E-state index >= 15 is 0 Å². The molecule has 1 aliphatic heterocycles. The first-order valence-corrected chi connectivity index (χ1v) is 3.25. The summed E-state index contributed by atoms with van der Waals surface area (Å²) in [5.74, 6) is 0.655. The van der Waals surface area contributed by atoms with Crippen LogP contribution in [0.4, 0.5) is 0 Å². The summed E-state index contributed by atoms with van der Waals surface area (Å²) >= 11 is 0. The molecule has 3 N–H and O–H groups in total. The molecule has 1 aliphatic rings. The van der Waals surface area contributed by atoms with Crippen molar-refractivity contribution in [1.82, 2.24) is 0 Å². The van der Waals surface area contributed by atoms with Gasteiger partial charge in [-0.25, -0.2) is 4.99 Å². The maximum atomic E-state index is 7.71. The van der Waals surface area contributed by atoms with Gasteiger partial charge in [-0.2, -0.15) is 10.5 Å². The predicted molar refractivity (Wildman–Crippen MR) is 48.9 cm³/mol. The van der Waals surface area contributed by atoms with Crippen LogP contribution in [-0.4, -0.2) is 11.7 Å². The molecule has 0 radical (unpaired) electrons. The number of allylic oxidation sites excluding steroid dienone is 2. The van der Waals surface area contributed by atoms with Gasteiger partial charge in [0, 0.05) is 12.2 Å². The van der Waals surface area contributed by atoms with Crippen molar-refractivity contribution in [3.63, 3.8) is 0 Å². The Morgan fingerprint density at radius 2 is 1.85 bits per heavy atom. The van der Waals surface area contributed by atoms with E-state index in [2.05, 4.69) is 4.99 Å². The van der Waals surface area contributed by atoms with Crippen LogP contribution in [0.15, 0.2) is 29.3 Å². The van der Waals surface area contributed by atoms with Crippen molar-refractivity contribution in [2.45, 2.75) is 0 Å². The van der Waals surface area contributed by atoms with Crippen LogP contribution in [0, 0.1) is 28.1 Å². The Labute approximate surface area is 75.6 Å². The zero-order valence-electron chi connectivity index (χ0n) is 6.73. The van der Waals surface area contributed by atoms with Gasteiger partial charge in [0.1, 0.15) is 11.7 Å². The van der Waals surface area contributed by atoms with Gasteiger partial charge >= 0.3 is 0 Å². The molecule has 0 saturated heterocycles. The third-order valence-electron chi connectivity index (χ3n) is 0.894. The first-order chi connectivity index (χ1) is 6.20. The van der Waals surface area contributed by atoms with Crippen LogP contribution in [-0.2, 0) is 0 Å². The van der Waals surface area contributed by atoms with E-state index in [1.54, 1.807) is 24.3 Å². The fourth-order valence-electron chi connectivity index (χ4n) is 0.452. The third kappa shape index (κ3) is 6.02. The van der Waals surface area contributed by atoms with Crippen molar-refractivity contribution in [2.75, 3.05) is 0 Å². The molecule has 0 bridgehead atoms. The minimum Gasteiger partial charge on any atom is -0.384 e. The number of nitrogens with zero attached hydrogens (tertiary/aromatic N) is 3. The van der Waals surface area contributed by atoms with Crippen LogP contribution in [0.1, 0.15) is 0 Å². The van der Waals surface area contributed by atoms with E-state index in [0.29, 0.717) is 5.84 Å². The minimum atomic E-state index is 0.234. The van der Waals surface area contributed by atoms with Crippen LogP contribution in [0.5, 0.6) is 0 Å². The summed E-state index contributed by atoms with van der Waals surface area (Å²) in [5.41, 5.74) is 5.15. The molecule has 0 spiro atoms. The van der Waals surface area contributed by atoms with Crippen LogP contribution in [0.2, 0.25) is 0 Å². The van der Waals surface area contributed by atoms with Crippen LogP contribution < -0.4 is 5.73 Å². The molecule has 0 atom stereocenters. The van der Waals surface area contributed by atoms with E-state index in [1.807, 2.05) is 0 Å². The molecule has 0 fully saturated rings. The van der Waals surface area contributed by atoms with Gasteiger partial charge in [0.15, 0.2) is 0 Å². The molecule has 0 aliphatic carbocycles. The molecular weight excluding hydrogens is 166 g/mol. The number of nitriles is 2.